The van der Waals surface area contributed by atoms with Gasteiger partial charge < -0.3 is 0 Å². The molecule has 0 unspecified atom stereocenters. The summed E-state index contributed by atoms with van der Waals surface area (Å²) in [5.74, 6) is -0.183. The summed E-state index contributed by atoms with van der Waals surface area (Å²) in [5, 5.41) is 0. The number of hydrogen-bond acceptors (Lipinski definition) is 1. The molecule has 2 rings (SSSR count). The van der Waals surface area contributed by atoms with Gasteiger partial charge in [0.15, 0.2) is 0 Å². The minimum Gasteiger partial charge on any atom is -0.292 e. The summed E-state index contributed by atoms with van der Waals surface area (Å²) in [6, 6.07) is 4.85. The Balaban J connectivity index is 0.000000720. The largest absolute Gasteiger partial charge is 0.292 e. The zero-order chi connectivity index (χ0) is 7.68. The zero-order valence-electron chi connectivity index (χ0n) is 6.46. The predicted octanol–water partition coefficient (Wildman–Crippen LogP) is 2.22. The summed E-state index contributed by atoms with van der Waals surface area (Å²) in [5.41, 5.74) is 2.12. The number of fused-ring (bicyclic) bond motifs is 1. The lowest BCUT2D eigenvalue weighted by Crippen LogP contribution is -2.02. The Morgan fingerprint density at radius 3 is 3.00 bits per heavy atom. The molecule has 12 heavy (non-hydrogen) atoms. The summed E-state index contributed by atoms with van der Waals surface area (Å²) < 4.78 is 12.6. The highest BCUT2D eigenvalue weighted by Crippen LogP contribution is 2.12. The maximum Gasteiger partial charge on any atom is 0.123 e. The average Bonchev–Trinajstić information content (AvgIpc) is 2.04. The van der Waals surface area contributed by atoms with Crippen molar-refractivity contribution in [1.82, 2.24) is 0 Å². The van der Waals surface area contributed by atoms with Crippen molar-refractivity contribution in [2.24, 2.45) is 4.99 Å². The molecule has 0 bridgehead atoms. The molecule has 0 aromatic heterocycles. The van der Waals surface area contributed by atoms with Crippen LogP contribution in [-0.4, -0.2) is 12.8 Å². The molecule has 0 spiro atoms. The first kappa shape index (κ1) is 9.20. The minimum atomic E-state index is -0.183. The molecular weight excluding hydrogens is 177 g/mol. The van der Waals surface area contributed by atoms with Gasteiger partial charge in [-0.25, -0.2) is 4.39 Å². The van der Waals surface area contributed by atoms with Crippen LogP contribution >= 0.6 is 12.4 Å². The second-order valence-electron chi connectivity index (χ2n) is 2.63. The van der Waals surface area contributed by atoms with Gasteiger partial charge in [0.1, 0.15) is 5.82 Å². The van der Waals surface area contributed by atoms with Crippen molar-refractivity contribution in [3.05, 3.63) is 35.1 Å². The van der Waals surface area contributed by atoms with Gasteiger partial charge in [-0.05, 0) is 29.7 Å². The van der Waals surface area contributed by atoms with E-state index in [0.717, 1.165) is 18.5 Å². The Bertz CT molecular complexity index is 309. The van der Waals surface area contributed by atoms with E-state index in [1.165, 1.54) is 17.7 Å². The van der Waals surface area contributed by atoms with Gasteiger partial charge in [-0.2, -0.15) is 0 Å². The first-order chi connectivity index (χ1) is 5.36. The number of halogens is 2. The van der Waals surface area contributed by atoms with E-state index in [2.05, 4.69) is 4.99 Å². The van der Waals surface area contributed by atoms with Crippen molar-refractivity contribution in [3.8, 4) is 0 Å². The highest BCUT2D eigenvalue weighted by atomic mass is 35.5. The fourth-order valence-corrected chi connectivity index (χ4v) is 1.26. The summed E-state index contributed by atoms with van der Waals surface area (Å²) in [4.78, 5) is 4.07. The summed E-state index contributed by atoms with van der Waals surface area (Å²) >= 11 is 0. The van der Waals surface area contributed by atoms with E-state index in [-0.39, 0.29) is 18.2 Å². The van der Waals surface area contributed by atoms with Crippen molar-refractivity contribution in [2.75, 3.05) is 6.54 Å². The number of rotatable bonds is 0. The van der Waals surface area contributed by atoms with Crippen LogP contribution in [0.2, 0.25) is 0 Å². The summed E-state index contributed by atoms with van der Waals surface area (Å²) in [7, 11) is 0. The van der Waals surface area contributed by atoms with E-state index >= 15 is 0 Å². The van der Waals surface area contributed by atoms with Crippen LogP contribution in [0.1, 0.15) is 11.1 Å². The quantitative estimate of drug-likeness (QED) is 0.588. The van der Waals surface area contributed by atoms with E-state index in [4.69, 9.17) is 0 Å². The summed E-state index contributed by atoms with van der Waals surface area (Å²) in [6.45, 7) is 0.832. The smallest absolute Gasteiger partial charge is 0.123 e. The summed E-state index contributed by atoms with van der Waals surface area (Å²) in [6.07, 6.45) is 2.67. The van der Waals surface area contributed by atoms with E-state index in [1.807, 2.05) is 6.07 Å². The van der Waals surface area contributed by atoms with Crippen LogP contribution in [0, 0.1) is 5.82 Å². The van der Waals surface area contributed by atoms with Crippen LogP contribution in [0.25, 0.3) is 0 Å². The fourth-order valence-electron chi connectivity index (χ4n) is 1.26. The maximum absolute atomic E-state index is 12.6. The van der Waals surface area contributed by atoms with Gasteiger partial charge in [0.05, 0.1) is 0 Å². The Morgan fingerprint density at radius 1 is 1.33 bits per heavy atom. The lowest BCUT2D eigenvalue weighted by molar-refractivity contribution is 0.626. The van der Waals surface area contributed by atoms with Gasteiger partial charge in [-0.1, -0.05) is 6.07 Å². The highest BCUT2D eigenvalue weighted by Gasteiger charge is 2.04. The predicted molar refractivity (Wildman–Crippen MR) is 49.8 cm³/mol. The lowest BCUT2D eigenvalue weighted by Gasteiger charge is -2.08. The van der Waals surface area contributed by atoms with Gasteiger partial charge in [0, 0.05) is 12.8 Å². The molecule has 0 atom stereocenters. The number of hydrogen-bond donors (Lipinski definition) is 0. The van der Waals surface area contributed by atoms with Crippen LogP contribution in [-0.2, 0) is 6.42 Å². The Kier molecular flexibility index (Phi) is 2.82. The molecule has 3 heteroatoms. The fraction of sp³-hybridized carbons (Fsp3) is 0.222. The first-order valence-corrected chi connectivity index (χ1v) is 3.64. The molecule has 0 saturated heterocycles. The molecule has 1 nitrogen and oxygen atoms in total. The second kappa shape index (κ2) is 3.68. The molecule has 0 fully saturated rings. The van der Waals surface area contributed by atoms with E-state index in [0.29, 0.717) is 0 Å². The minimum absolute atomic E-state index is 0. The molecule has 1 aliphatic rings. The highest BCUT2D eigenvalue weighted by molar-refractivity contribution is 5.85. The van der Waals surface area contributed by atoms with Crippen molar-refractivity contribution in [2.45, 2.75) is 6.42 Å². The first-order valence-electron chi connectivity index (χ1n) is 3.64. The Hall–Kier alpha value is -0.890. The van der Waals surface area contributed by atoms with Gasteiger partial charge in [-0.15, -0.1) is 12.4 Å². The number of aliphatic imine (C=N–C) groups is 1. The van der Waals surface area contributed by atoms with E-state index < -0.39 is 0 Å². The molecule has 0 N–H and O–H groups in total. The zero-order valence-corrected chi connectivity index (χ0v) is 7.27. The van der Waals surface area contributed by atoms with Crippen molar-refractivity contribution < 1.29 is 4.39 Å². The SMILES string of the molecule is Cl.Fc1ccc2c(c1)C=NCC2. The van der Waals surface area contributed by atoms with Crippen LogP contribution < -0.4 is 0 Å². The van der Waals surface area contributed by atoms with Crippen LogP contribution in [0.5, 0.6) is 0 Å². The van der Waals surface area contributed by atoms with Crippen LogP contribution in [0.4, 0.5) is 4.39 Å². The Labute approximate surface area is 76.7 Å². The topological polar surface area (TPSA) is 12.4 Å². The molecule has 64 valence electrons. The molecule has 0 saturated carbocycles. The average molecular weight is 186 g/mol. The molecule has 1 heterocycles. The standard InChI is InChI=1S/C9H8FN.ClH/c10-9-2-1-7-3-4-11-6-8(7)5-9;/h1-2,5-6H,3-4H2;1H. The molecule has 1 aliphatic heterocycles. The molecule has 1 aromatic carbocycles. The van der Waals surface area contributed by atoms with Crippen molar-refractivity contribution >= 4 is 18.6 Å². The van der Waals surface area contributed by atoms with Crippen LogP contribution in [0.3, 0.4) is 0 Å². The van der Waals surface area contributed by atoms with Gasteiger partial charge >= 0.3 is 0 Å². The molecule has 0 radical (unpaired) electrons. The molecule has 1 aromatic rings. The van der Waals surface area contributed by atoms with Gasteiger partial charge in [0.25, 0.3) is 0 Å². The third-order valence-electron chi connectivity index (χ3n) is 1.85. The van der Waals surface area contributed by atoms with E-state index in [9.17, 15) is 4.39 Å². The monoisotopic (exact) mass is 185 g/mol. The molecule has 0 amide bonds. The van der Waals surface area contributed by atoms with E-state index in [1.54, 1.807) is 6.21 Å². The third-order valence-corrected chi connectivity index (χ3v) is 1.85. The second-order valence-corrected chi connectivity index (χ2v) is 2.63. The Morgan fingerprint density at radius 2 is 2.17 bits per heavy atom. The molecule has 0 aliphatic carbocycles. The van der Waals surface area contributed by atoms with Crippen molar-refractivity contribution in [1.29, 1.82) is 0 Å². The van der Waals surface area contributed by atoms with Crippen LogP contribution in [0.15, 0.2) is 23.2 Å². The normalized spacial score (nSPS) is 13.4. The van der Waals surface area contributed by atoms with Crippen molar-refractivity contribution in [3.63, 3.8) is 0 Å². The third kappa shape index (κ3) is 1.64. The number of nitrogens with zero attached hydrogens (tertiary/aromatic N) is 1. The molecular formula is C9H9ClFN. The maximum atomic E-state index is 12.6. The van der Waals surface area contributed by atoms with Gasteiger partial charge in [0.2, 0.25) is 0 Å². The van der Waals surface area contributed by atoms with Gasteiger partial charge in [-0.3, -0.25) is 4.99 Å². The lowest BCUT2D eigenvalue weighted by atomic mass is 10.0. The number of benzene rings is 1.